The minimum absolute atomic E-state index is 0.475. The van der Waals surface area contributed by atoms with Crippen LogP contribution in [0.25, 0.3) is 0 Å². The number of benzene rings is 1. The van der Waals surface area contributed by atoms with Crippen LogP contribution < -0.4 is 10.1 Å². The highest BCUT2D eigenvalue weighted by atomic mass is 16.5. The molecular weight excluding hydrogens is 250 g/mol. The number of rotatable bonds is 5. The minimum atomic E-state index is 0.475. The average Bonchev–Trinajstić information content (AvgIpc) is 2.38. The van der Waals surface area contributed by atoms with E-state index in [4.69, 9.17) is 4.74 Å². The summed E-state index contributed by atoms with van der Waals surface area (Å²) in [5.41, 5.74) is 2.13. The number of nitrogens with one attached hydrogen (secondary N) is 1. The first-order valence-electron chi connectivity index (χ1n) is 6.96. The highest BCUT2D eigenvalue weighted by molar-refractivity contribution is 5.36. The monoisotopic (exact) mass is 271 g/mol. The molecule has 1 heterocycles. The van der Waals surface area contributed by atoms with Crippen molar-refractivity contribution < 1.29 is 4.74 Å². The van der Waals surface area contributed by atoms with Crippen LogP contribution in [0.5, 0.6) is 11.6 Å². The highest BCUT2D eigenvalue weighted by Gasteiger charge is 2.06. The van der Waals surface area contributed by atoms with Crippen molar-refractivity contribution in [3.05, 3.63) is 41.6 Å². The van der Waals surface area contributed by atoms with Crippen molar-refractivity contribution in [3.8, 4) is 11.6 Å². The lowest BCUT2D eigenvalue weighted by Crippen LogP contribution is -2.04. The molecule has 0 fully saturated rings. The molecule has 0 amide bonds. The summed E-state index contributed by atoms with van der Waals surface area (Å²) in [6.45, 7) is 9.05. The summed E-state index contributed by atoms with van der Waals surface area (Å²) < 4.78 is 5.85. The smallest absolute Gasteiger partial charge is 0.226 e. The summed E-state index contributed by atoms with van der Waals surface area (Å²) in [5.74, 6) is 2.44. The standard InChI is InChI=1S/C16H21N3O/c1-5-17-16-18-12(4)9-15(19-16)20-14-8-6-7-13(10-14)11(2)3/h6-11H,5H2,1-4H3,(H,17,18,19). The van der Waals surface area contributed by atoms with Crippen molar-refractivity contribution in [1.29, 1.82) is 0 Å². The van der Waals surface area contributed by atoms with Crippen LogP contribution >= 0.6 is 0 Å². The summed E-state index contributed by atoms with van der Waals surface area (Å²) in [6.07, 6.45) is 0. The SMILES string of the molecule is CCNc1nc(C)cc(Oc2cccc(C(C)C)c2)n1. The van der Waals surface area contributed by atoms with E-state index in [1.54, 1.807) is 0 Å². The molecule has 4 nitrogen and oxygen atoms in total. The minimum Gasteiger partial charge on any atom is -0.439 e. The Hall–Kier alpha value is -2.10. The molecule has 2 rings (SSSR count). The van der Waals surface area contributed by atoms with E-state index < -0.39 is 0 Å². The van der Waals surface area contributed by atoms with Crippen molar-refractivity contribution >= 4 is 5.95 Å². The van der Waals surface area contributed by atoms with Crippen LogP contribution in [0, 0.1) is 6.92 Å². The van der Waals surface area contributed by atoms with Gasteiger partial charge in [0.05, 0.1) is 0 Å². The lowest BCUT2D eigenvalue weighted by molar-refractivity contribution is 0.460. The Labute approximate surface area is 120 Å². The predicted octanol–water partition coefficient (Wildman–Crippen LogP) is 4.13. The van der Waals surface area contributed by atoms with Gasteiger partial charge in [-0.3, -0.25) is 0 Å². The molecule has 0 unspecified atom stereocenters. The van der Waals surface area contributed by atoms with E-state index in [-0.39, 0.29) is 0 Å². The van der Waals surface area contributed by atoms with Crippen LogP contribution in [-0.2, 0) is 0 Å². The first-order valence-corrected chi connectivity index (χ1v) is 6.96. The van der Waals surface area contributed by atoms with Crippen molar-refractivity contribution in [2.75, 3.05) is 11.9 Å². The van der Waals surface area contributed by atoms with Gasteiger partial charge in [0.2, 0.25) is 11.8 Å². The molecule has 20 heavy (non-hydrogen) atoms. The first kappa shape index (κ1) is 14.3. The highest BCUT2D eigenvalue weighted by Crippen LogP contribution is 2.25. The number of aromatic nitrogens is 2. The maximum absolute atomic E-state index is 5.85. The average molecular weight is 271 g/mol. The molecule has 0 aliphatic carbocycles. The number of nitrogens with zero attached hydrogens (tertiary/aromatic N) is 2. The van der Waals surface area contributed by atoms with Gasteiger partial charge in [0.1, 0.15) is 5.75 Å². The van der Waals surface area contributed by atoms with Crippen LogP contribution in [0.3, 0.4) is 0 Å². The van der Waals surface area contributed by atoms with Crippen LogP contribution in [0.4, 0.5) is 5.95 Å². The van der Waals surface area contributed by atoms with Gasteiger partial charge in [-0.2, -0.15) is 4.98 Å². The zero-order chi connectivity index (χ0) is 14.5. The van der Waals surface area contributed by atoms with E-state index in [2.05, 4.69) is 41.3 Å². The molecule has 0 radical (unpaired) electrons. The molecule has 4 heteroatoms. The largest absolute Gasteiger partial charge is 0.439 e. The molecule has 0 saturated carbocycles. The molecule has 106 valence electrons. The molecule has 0 spiro atoms. The lowest BCUT2D eigenvalue weighted by Gasteiger charge is -2.10. The summed E-state index contributed by atoms with van der Waals surface area (Å²) in [7, 11) is 0. The molecule has 1 aromatic carbocycles. The number of hydrogen-bond acceptors (Lipinski definition) is 4. The number of aryl methyl sites for hydroxylation is 1. The van der Waals surface area contributed by atoms with E-state index in [0.717, 1.165) is 18.0 Å². The summed E-state index contributed by atoms with van der Waals surface area (Å²) in [4.78, 5) is 8.66. The van der Waals surface area contributed by atoms with Crippen LogP contribution in [0.2, 0.25) is 0 Å². The molecule has 2 aromatic rings. The molecule has 0 aliphatic rings. The molecule has 0 atom stereocenters. The molecule has 0 saturated heterocycles. The van der Waals surface area contributed by atoms with Crippen molar-refractivity contribution in [2.45, 2.75) is 33.6 Å². The Bertz CT molecular complexity index is 582. The number of anilines is 1. The third-order valence-corrected chi connectivity index (χ3v) is 2.91. The Kier molecular flexibility index (Phi) is 4.56. The molecule has 0 bridgehead atoms. The summed E-state index contributed by atoms with van der Waals surface area (Å²) in [6, 6.07) is 9.94. The van der Waals surface area contributed by atoms with Gasteiger partial charge in [0.25, 0.3) is 0 Å². The number of hydrogen-bond donors (Lipinski definition) is 1. The maximum atomic E-state index is 5.85. The fraction of sp³-hybridized carbons (Fsp3) is 0.375. The summed E-state index contributed by atoms with van der Waals surface area (Å²) in [5, 5.41) is 3.10. The topological polar surface area (TPSA) is 47.0 Å². The Morgan fingerprint density at radius 3 is 2.70 bits per heavy atom. The fourth-order valence-electron chi connectivity index (χ4n) is 1.89. The fourth-order valence-corrected chi connectivity index (χ4v) is 1.89. The van der Waals surface area contributed by atoms with E-state index in [1.807, 2.05) is 32.0 Å². The van der Waals surface area contributed by atoms with Gasteiger partial charge in [0, 0.05) is 18.3 Å². The predicted molar refractivity (Wildman–Crippen MR) is 81.5 cm³/mol. The third-order valence-electron chi connectivity index (χ3n) is 2.91. The third kappa shape index (κ3) is 3.70. The molecule has 0 aliphatic heterocycles. The quantitative estimate of drug-likeness (QED) is 0.888. The van der Waals surface area contributed by atoms with Gasteiger partial charge in [-0.1, -0.05) is 26.0 Å². The van der Waals surface area contributed by atoms with E-state index in [0.29, 0.717) is 17.7 Å². The normalized spacial score (nSPS) is 10.7. The zero-order valence-corrected chi connectivity index (χ0v) is 12.5. The Morgan fingerprint density at radius 1 is 1.20 bits per heavy atom. The zero-order valence-electron chi connectivity index (χ0n) is 12.5. The second-order valence-corrected chi connectivity index (χ2v) is 5.03. The van der Waals surface area contributed by atoms with Crippen molar-refractivity contribution in [3.63, 3.8) is 0 Å². The van der Waals surface area contributed by atoms with E-state index in [9.17, 15) is 0 Å². The van der Waals surface area contributed by atoms with E-state index in [1.165, 1.54) is 5.56 Å². The van der Waals surface area contributed by atoms with Gasteiger partial charge in [-0.15, -0.1) is 0 Å². The van der Waals surface area contributed by atoms with Crippen molar-refractivity contribution in [1.82, 2.24) is 9.97 Å². The maximum Gasteiger partial charge on any atom is 0.226 e. The van der Waals surface area contributed by atoms with Gasteiger partial charge < -0.3 is 10.1 Å². The second-order valence-electron chi connectivity index (χ2n) is 5.03. The van der Waals surface area contributed by atoms with Crippen LogP contribution in [-0.4, -0.2) is 16.5 Å². The number of ether oxygens (including phenoxy) is 1. The van der Waals surface area contributed by atoms with Crippen LogP contribution in [0.1, 0.15) is 37.9 Å². The van der Waals surface area contributed by atoms with Gasteiger partial charge >= 0.3 is 0 Å². The summed E-state index contributed by atoms with van der Waals surface area (Å²) >= 11 is 0. The van der Waals surface area contributed by atoms with Crippen molar-refractivity contribution in [2.24, 2.45) is 0 Å². The van der Waals surface area contributed by atoms with Crippen LogP contribution in [0.15, 0.2) is 30.3 Å². The molecular formula is C16H21N3O. The van der Waals surface area contributed by atoms with Gasteiger partial charge in [-0.25, -0.2) is 4.98 Å². The second kappa shape index (κ2) is 6.37. The van der Waals surface area contributed by atoms with Gasteiger partial charge in [0.15, 0.2) is 0 Å². The van der Waals surface area contributed by atoms with Gasteiger partial charge in [-0.05, 0) is 37.5 Å². The molecule has 1 aromatic heterocycles. The Balaban J connectivity index is 2.23. The van der Waals surface area contributed by atoms with E-state index >= 15 is 0 Å². The first-order chi connectivity index (χ1) is 9.58. The lowest BCUT2D eigenvalue weighted by atomic mass is 10.0. The Morgan fingerprint density at radius 2 is 2.00 bits per heavy atom. The molecule has 1 N–H and O–H groups in total.